The van der Waals surface area contributed by atoms with Crippen molar-refractivity contribution in [1.82, 2.24) is 15.6 Å². The van der Waals surface area contributed by atoms with E-state index in [1.54, 1.807) is 6.92 Å². The molecule has 3 rings (SSSR count). The van der Waals surface area contributed by atoms with Crippen LogP contribution >= 0.6 is 11.3 Å². The molecule has 28 heavy (non-hydrogen) atoms. The minimum Gasteiger partial charge on any atom is -0.346 e. The monoisotopic (exact) mass is 400 g/mol. The maximum absolute atomic E-state index is 13.1. The number of hydrogen-bond donors (Lipinski definition) is 3. The number of carbonyl (C=O) groups is 2. The van der Waals surface area contributed by atoms with E-state index in [4.69, 9.17) is 5.41 Å². The van der Waals surface area contributed by atoms with Crippen molar-refractivity contribution in [2.45, 2.75) is 51.5 Å². The number of nitrogens with one attached hydrogen (secondary N) is 3. The van der Waals surface area contributed by atoms with Gasteiger partial charge < -0.3 is 16.0 Å². The van der Waals surface area contributed by atoms with Crippen LogP contribution in [0.25, 0.3) is 10.2 Å². The summed E-state index contributed by atoms with van der Waals surface area (Å²) < 4.78 is 0.979. The summed E-state index contributed by atoms with van der Waals surface area (Å²) >= 11 is 1.38. The van der Waals surface area contributed by atoms with Crippen molar-refractivity contribution in [3.63, 3.8) is 0 Å². The first-order chi connectivity index (χ1) is 13.5. The van der Waals surface area contributed by atoms with Crippen LogP contribution in [0.3, 0.4) is 0 Å². The number of hydrogen-bond acceptors (Lipinski definition) is 6. The summed E-state index contributed by atoms with van der Waals surface area (Å²) in [6.07, 6.45) is 4.78. The van der Waals surface area contributed by atoms with Crippen LogP contribution in [0.2, 0.25) is 0 Å². The molecular formula is C21H28N4O2S. The minimum absolute atomic E-state index is 0.0464. The lowest BCUT2D eigenvalue weighted by Gasteiger charge is -2.24. The summed E-state index contributed by atoms with van der Waals surface area (Å²) in [6, 6.07) is 7.14. The number of piperidine rings is 1. The van der Waals surface area contributed by atoms with E-state index < -0.39 is 6.04 Å². The zero-order valence-electron chi connectivity index (χ0n) is 16.3. The highest BCUT2D eigenvalue weighted by molar-refractivity contribution is 7.20. The number of thiazole rings is 1. The zero-order valence-corrected chi connectivity index (χ0v) is 17.1. The van der Waals surface area contributed by atoms with Crippen molar-refractivity contribution in [1.29, 1.82) is 5.41 Å². The number of ketones is 1. The number of unbranched alkanes of at least 4 members (excludes halogenated alkanes) is 1. The fourth-order valence-electron chi connectivity index (χ4n) is 3.50. The first-order valence-corrected chi connectivity index (χ1v) is 10.8. The highest BCUT2D eigenvalue weighted by atomic mass is 32.1. The molecule has 0 radical (unpaired) electrons. The Kier molecular flexibility index (Phi) is 7.28. The summed E-state index contributed by atoms with van der Waals surface area (Å²) in [5.74, 6) is -0.233. The van der Waals surface area contributed by atoms with Gasteiger partial charge in [-0.25, -0.2) is 4.98 Å². The van der Waals surface area contributed by atoms with Crippen LogP contribution < -0.4 is 10.6 Å². The van der Waals surface area contributed by atoms with Gasteiger partial charge in [0.15, 0.2) is 5.01 Å². The van der Waals surface area contributed by atoms with Crippen molar-refractivity contribution >= 4 is 39.0 Å². The molecule has 150 valence electrons. The van der Waals surface area contributed by atoms with E-state index in [1.807, 2.05) is 24.3 Å². The van der Waals surface area contributed by atoms with E-state index in [-0.39, 0.29) is 17.6 Å². The number of Topliss-reactive ketones (excluding diaryl/α,β-unsaturated/α-hetero) is 1. The molecule has 2 heterocycles. The second-order valence-electron chi connectivity index (χ2n) is 7.48. The number of benzene rings is 1. The lowest BCUT2D eigenvalue weighted by atomic mass is 9.97. The second kappa shape index (κ2) is 9.89. The lowest BCUT2D eigenvalue weighted by molar-refractivity contribution is -0.126. The Morgan fingerprint density at radius 2 is 2.18 bits per heavy atom. The van der Waals surface area contributed by atoms with E-state index in [0.717, 1.165) is 48.9 Å². The first-order valence-electron chi connectivity index (χ1n) is 9.99. The molecule has 0 aliphatic carbocycles. The van der Waals surface area contributed by atoms with Gasteiger partial charge in [-0.1, -0.05) is 18.6 Å². The normalized spacial score (nSPS) is 18.0. The van der Waals surface area contributed by atoms with Crippen LogP contribution in [0.15, 0.2) is 24.3 Å². The Labute approximate surface area is 169 Å². The number of fused-ring (bicyclic) bond motifs is 1. The van der Waals surface area contributed by atoms with Crippen LogP contribution in [-0.2, 0) is 4.79 Å². The van der Waals surface area contributed by atoms with Crippen molar-refractivity contribution in [2.24, 2.45) is 5.92 Å². The zero-order chi connectivity index (χ0) is 19.9. The predicted octanol–water partition coefficient (Wildman–Crippen LogP) is 3.56. The first kappa shape index (κ1) is 20.6. The van der Waals surface area contributed by atoms with Gasteiger partial charge in [0.1, 0.15) is 0 Å². The standard InChI is InChI=1S/C21H28N4O2S/c1-14(22)7-2-3-10-17(24-20(27)15-8-6-12-23-13-15)19(26)21-25-16-9-4-5-11-18(16)28-21/h4-5,9,11,15,17,22-23H,2-3,6-8,10,12-13H2,1H3,(H,24,27)/t15-,17-/m0/s1. The minimum atomic E-state index is -0.555. The Hall–Kier alpha value is -2.12. The number of amides is 1. The van der Waals surface area contributed by atoms with Crippen LogP contribution in [0.1, 0.15) is 55.3 Å². The largest absolute Gasteiger partial charge is 0.346 e. The third-order valence-electron chi connectivity index (χ3n) is 5.10. The van der Waals surface area contributed by atoms with Crippen molar-refractivity contribution < 1.29 is 9.59 Å². The molecule has 7 heteroatoms. The molecule has 3 N–H and O–H groups in total. The number of para-hydroxylation sites is 1. The van der Waals surface area contributed by atoms with Crippen molar-refractivity contribution in [2.75, 3.05) is 13.1 Å². The Morgan fingerprint density at radius 3 is 2.89 bits per heavy atom. The SMILES string of the molecule is CC(=N)CCCC[C@H](NC(=O)[C@H]1CCCNC1)C(=O)c1nc2ccccc2s1. The molecule has 1 fully saturated rings. The quantitative estimate of drug-likeness (QED) is 0.341. The fraction of sp³-hybridized carbons (Fsp3) is 0.524. The van der Waals surface area contributed by atoms with Crippen molar-refractivity contribution in [3.05, 3.63) is 29.3 Å². The highest BCUT2D eigenvalue weighted by Gasteiger charge is 2.28. The van der Waals surface area contributed by atoms with E-state index in [1.165, 1.54) is 11.3 Å². The van der Waals surface area contributed by atoms with Gasteiger partial charge in [0, 0.05) is 12.3 Å². The Morgan fingerprint density at radius 1 is 1.36 bits per heavy atom. The molecule has 1 aromatic heterocycles. The van der Waals surface area contributed by atoms with Crippen molar-refractivity contribution in [3.8, 4) is 0 Å². The van der Waals surface area contributed by atoms with E-state index in [9.17, 15) is 9.59 Å². The molecule has 0 unspecified atom stereocenters. The maximum atomic E-state index is 13.1. The molecule has 2 atom stereocenters. The molecule has 0 bridgehead atoms. The van der Waals surface area contributed by atoms with Gasteiger partial charge in [-0.3, -0.25) is 9.59 Å². The van der Waals surface area contributed by atoms with Gasteiger partial charge in [-0.15, -0.1) is 11.3 Å². The van der Waals surface area contributed by atoms with Gasteiger partial charge in [-0.2, -0.15) is 0 Å². The van der Waals surface area contributed by atoms with E-state index in [2.05, 4.69) is 15.6 Å². The number of rotatable bonds is 9. The lowest BCUT2D eigenvalue weighted by Crippen LogP contribution is -2.47. The third-order valence-corrected chi connectivity index (χ3v) is 6.15. The number of aromatic nitrogens is 1. The predicted molar refractivity (Wildman–Crippen MR) is 113 cm³/mol. The highest BCUT2D eigenvalue weighted by Crippen LogP contribution is 2.24. The topological polar surface area (TPSA) is 94.9 Å². The van der Waals surface area contributed by atoms with E-state index >= 15 is 0 Å². The summed E-state index contributed by atoms with van der Waals surface area (Å²) in [4.78, 5) is 30.3. The number of nitrogens with zero attached hydrogens (tertiary/aromatic N) is 1. The molecule has 0 spiro atoms. The molecule has 1 aliphatic rings. The molecule has 1 saturated heterocycles. The van der Waals surface area contributed by atoms with Gasteiger partial charge in [0.25, 0.3) is 0 Å². The molecule has 0 saturated carbocycles. The molecule has 1 aliphatic heterocycles. The second-order valence-corrected chi connectivity index (χ2v) is 8.51. The Bertz CT molecular complexity index is 809. The molecular weight excluding hydrogens is 372 g/mol. The van der Waals surface area contributed by atoms with Gasteiger partial charge >= 0.3 is 0 Å². The van der Waals surface area contributed by atoms with Crippen LogP contribution in [-0.4, -0.2) is 41.5 Å². The smallest absolute Gasteiger partial charge is 0.224 e. The molecule has 2 aromatic rings. The van der Waals surface area contributed by atoms with Crippen LogP contribution in [0.5, 0.6) is 0 Å². The summed E-state index contributed by atoms with van der Waals surface area (Å²) in [5, 5.41) is 14.3. The summed E-state index contributed by atoms with van der Waals surface area (Å²) in [5.41, 5.74) is 1.46. The van der Waals surface area contributed by atoms with Crippen LogP contribution in [0.4, 0.5) is 0 Å². The molecule has 6 nitrogen and oxygen atoms in total. The molecule has 1 amide bonds. The summed E-state index contributed by atoms with van der Waals surface area (Å²) in [7, 11) is 0. The van der Waals surface area contributed by atoms with Gasteiger partial charge in [0.05, 0.1) is 22.2 Å². The van der Waals surface area contributed by atoms with E-state index in [0.29, 0.717) is 23.7 Å². The third kappa shape index (κ3) is 5.45. The Balaban J connectivity index is 1.70. The average molecular weight is 401 g/mol. The fourth-order valence-corrected chi connectivity index (χ4v) is 4.46. The number of carbonyl (C=O) groups excluding carboxylic acids is 2. The maximum Gasteiger partial charge on any atom is 0.224 e. The van der Waals surface area contributed by atoms with Gasteiger partial charge in [0.2, 0.25) is 11.7 Å². The average Bonchev–Trinajstić information content (AvgIpc) is 3.14. The van der Waals surface area contributed by atoms with Crippen LogP contribution in [0, 0.1) is 11.3 Å². The van der Waals surface area contributed by atoms with Gasteiger partial charge in [-0.05, 0) is 57.7 Å². The molecule has 1 aromatic carbocycles. The summed E-state index contributed by atoms with van der Waals surface area (Å²) in [6.45, 7) is 3.41.